The maximum atomic E-state index is 12.9. The average Bonchev–Trinajstić information content (AvgIpc) is 3.39. The smallest absolute Gasteiger partial charge is 0.306 e. The molecule has 0 rings (SSSR count). The Kier molecular flexibility index (Phi) is 61.1. The van der Waals surface area contributed by atoms with Crippen LogP contribution < -0.4 is 0 Å². The number of allylic oxidation sites excluding steroid dienone is 2. The zero-order chi connectivity index (χ0) is 52.9. The highest BCUT2D eigenvalue weighted by Crippen LogP contribution is 2.18. The van der Waals surface area contributed by atoms with Gasteiger partial charge in [0.15, 0.2) is 6.10 Å². The highest BCUT2D eigenvalue weighted by molar-refractivity contribution is 5.71. The van der Waals surface area contributed by atoms with Gasteiger partial charge in [-0.2, -0.15) is 0 Å². The number of unbranched alkanes of at least 4 members (excludes halogenated alkanes) is 49. The fourth-order valence-corrected chi connectivity index (χ4v) is 10.3. The average molecular weight is 1030 g/mol. The molecular weight excluding hydrogens is 901 g/mol. The maximum Gasteiger partial charge on any atom is 0.306 e. The summed E-state index contributed by atoms with van der Waals surface area (Å²) >= 11 is 0. The number of esters is 3. The molecule has 0 aromatic heterocycles. The lowest BCUT2D eigenvalue weighted by Gasteiger charge is -2.18. The van der Waals surface area contributed by atoms with E-state index in [0.29, 0.717) is 19.3 Å². The number of rotatable bonds is 62. The molecule has 6 nitrogen and oxygen atoms in total. The van der Waals surface area contributed by atoms with Crippen molar-refractivity contribution in [2.45, 2.75) is 386 Å². The lowest BCUT2D eigenvalue weighted by molar-refractivity contribution is -0.167. The normalized spacial score (nSPS) is 12.0. The van der Waals surface area contributed by atoms with E-state index in [0.717, 1.165) is 57.8 Å². The lowest BCUT2D eigenvalue weighted by Crippen LogP contribution is -2.30. The number of ether oxygens (including phenoxy) is 3. The molecule has 0 amide bonds. The standard InChI is InChI=1S/C67H128O6/c1-4-7-10-13-16-19-22-25-27-28-29-30-31-32-33-34-35-36-37-38-40-42-45-48-51-54-57-60-66(69)72-63-64(62-71-65(68)59-56-53-50-47-44-41-24-21-18-15-12-9-6-3)73-67(70)61-58-55-52-49-46-43-39-26-23-20-17-14-11-8-5-2/h28-29,64H,4-27,30-63H2,1-3H3/b29-28-. The number of hydrogen-bond acceptors (Lipinski definition) is 6. The van der Waals surface area contributed by atoms with Crippen LogP contribution in [0.3, 0.4) is 0 Å². The molecule has 0 aliphatic rings. The molecule has 0 N–H and O–H groups in total. The summed E-state index contributed by atoms with van der Waals surface area (Å²) in [6, 6.07) is 0. The fourth-order valence-electron chi connectivity index (χ4n) is 10.3. The molecule has 0 radical (unpaired) electrons. The summed E-state index contributed by atoms with van der Waals surface area (Å²) in [7, 11) is 0. The zero-order valence-corrected chi connectivity index (χ0v) is 49.7. The summed E-state index contributed by atoms with van der Waals surface area (Å²) in [6.45, 7) is 6.71. The Morgan fingerprint density at radius 3 is 0.685 bits per heavy atom. The molecule has 0 aliphatic heterocycles. The van der Waals surface area contributed by atoms with Crippen LogP contribution in [0.1, 0.15) is 380 Å². The number of hydrogen-bond donors (Lipinski definition) is 0. The molecule has 0 saturated carbocycles. The van der Waals surface area contributed by atoms with E-state index in [2.05, 4.69) is 32.9 Å². The van der Waals surface area contributed by atoms with Crippen LogP contribution in [0, 0.1) is 0 Å². The molecule has 0 saturated heterocycles. The molecule has 432 valence electrons. The van der Waals surface area contributed by atoms with E-state index in [1.807, 2.05) is 0 Å². The molecule has 1 atom stereocenters. The van der Waals surface area contributed by atoms with Crippen molar-refractivity contribution < 1.29 is 28.6 Å². The van der Waals surface area contributed by atoms with Gasteiger partial charge in [0.2, 0.25) is 0 Å². The van der Waals surface area contributed by atoms with Crippen molar-refractivity contribution in [2.24, 2.45) is 0 Å². The van der Waals surface area contributed by atoms with Crippen molar-refractivity contribution in [3.05, 3.63) is 12.2 Å². The quantitative estimate of drug-likeness (QED) is 0.0261. The van der Waals surface area contributed by atoms with Crippen molar-refractivity contribution in [3.8, 4) is 0 Å². The van der Waals surface area contributed by atoms with Gasteiger partial charge in [0.1, 0.15) is 13.2 Å². The molecule has 0 heterocycles. The number of carbonyl (C=O) groups is 3. The van der Waals surface area contributed by atoms with Crippen LogP contribution in [-0.2, 0) is 28.6 Å². The van der Waals surface area contributed by atoms with E-state index in [-0.39, 0.29) is 31.1 Å². The monoisotopic (exact) mass is 1030 g/mol. The fraction of sp³-hybridized carbons (Fsp3) is 0.925. The third kappa shape index (κ3) is 60.9. The Labute approximate surface area is 456 Å². The van der Waals surface area contributed by atoms with Crippen LogP contribution in [-0.4, -0.2) is 37.2 Å². The highest BCUT2D eigenvalue weighted by Gasteiger charge is 2.19. The van der Waals surface area contributed by atoms with Gasteiger partial charge in [-0.15, -0.1) is 0 Å². The third-order valence-corrected chi connectivity index (χ3v) is 15.3. The van der Waals surface area contributed by atoms with Gasteiger partial charge >= 0.3 is 17.9 Å². The van der Waals surface area contributed by atoms with Gasteiger partial charge in [-0.3, -0.25) is 14.4 Å². The van der Waals surface area contributed by atoms with E-state index in [9.17, 15) is 14.4 Å². The van der Waals surface area contributed by atoms with Crippen LogP contribution in [0.4, 0.5) is 0 Å². The summed E-state index contributed by atoms with van der Waals surface area (Å²) in [6.07, 6.45) is 73.7. The van der Waals surface area contributed by atoms with Gasteiger partial charge in [0, 0.05) is 19.3 Å². The predicted octanol–water partition coefficient (Wildman–Crippen LogP) is 22.4. The van der Waals surface area contributed by atoms with Crippen LogP contribution in [0.2, 0.25) is 0 Å². The summed E-state index contributed by atoms with van der Waals surface area (Å²) < 4.78 is 16.9. The minimum absolute atomic E-state index is 0.0626. The SMILES string of the molecule is CCCCCCCCCC/C=C\CCCCCCCCCCCCCCCCCC(=O)OCC(COC(=O)CCCCCCCCCCCCCCC)OC(=O)CCCCCCCCCCCCCCCCC. The van der Waals surface area contributed by atoms with Gasteiger partial charge in [0.05, 0.1) is 0 Å². The first kappa shape index (κ1) is 71.2. The van der Waals surface area contributed by atoms with E-state index in [4.69, 9.17) is 14.2 Å². The molecule has 6 heteroatoms. The molecule has 0 aromatic carbocycles. The van der Waals surface area contributed by atoms with Gasteiger partial charge in [-0.1, -0.05) is 328 Å². The van der Waals surface area contributed by atoms with Crippen LogP contribution >= 0.6 is 0 Å². The van der Waals surface area contributed by atoms with Gasteiger partial charge in [0.25, 0.3) is 0 Å². The molecular formula is C67H128O6. The molecule has 0 bridgehead atoms. The summed E-state index contributed by atoms with van der Waals surface area (Å²) in [4.78, 5) is 38.3. The molecule has 73 heavy (non-hydrogen) atoms. The van der Waals surface area contributed by atoms with Crippen molar-refractivity contribution in [1.82, 2.24) is 0 Å². The number of carbonyl (C=O) groups excluding carboxylic acids is 3. The van der Waals surface area contributed by atoms with Gasteiger partial charge < -0.3 is 14.2 Å². The first-order chi connectivity index (χ1) is 36.0. The lowest BCUT2D eigenvalue weighted by atomic mass is 10.0. The second-order valence-electron chi connectivity index (χ2n) is 22.7. The van der Waals surface area contributed by atoms with Crippen molar-refractivity contribution in [3.63, 3.8) is 0 Å². The Balaban J connectivity index is 4.16. The first-order valence-corrected chi connectivity index (χ1v) is 33.2. The third-order valence-electron chi connectivity index (χ3n) is 15.3. The molecule has 1 unspecified atom stereocenters. The second-order valence-corrected chi connectivity index (χ2v) is 22.7. The molecule has 0 fully saturated rings. The van der Waals surface area contributed by atoms with Crippen molar-refractivity contribution >= 4 is 17.9 Å². The minimum Gasteiger partial charge on any atom is -0.462 e. The van der Waals surface area contributed by atoms with E-state index in [1.165, 1.54) is 283 Å². The van der Waals surface area contributed by atoms with E-state index in [1.54, 1.807) is 0 Å². The van der Waals surface area contributed by atoms with Crippen molar-refractivity contribution in [1.29, 1.82) is 0 Å². The molecule has 0 spiro atoms. The first-order valence-electron chi connectivity index (χ1n) is 33.2. The predicted molar refractivity (Wildman–Crippen MR) is 317 cm³/mol. The minimum atomic E-state index is -0.764. The Morgan fingerprint density at radius 2 is 0.452 bits per heavy atom. The summed E-state index contributed by atoms with van der Waals surface area (Å²) in [5.41, 5.74) is 0. The maximum absolute atomic E-state index is 12.9. The van der Waals surface area contributed by atoms with E-state index < -0.39 is 6.10 Å². The Hall–Kier alpha value is -1.85. The topological polar surface area (TPSA) is 78.9 Å². The summed E-state index contributed by atoms with van der Waals surface area (Å²) in [5, 5.41) is 0. The van der Waals surface area contributed by atoms with Crippen LogP contribution in [0.15, 0.2) is 12.2 Å². The zero-order valence-electron chi connectivity index (χ0n) is 49.7. The van der Waals surface area contributed by atoms with Gasteiger partial charge in [-0.05, 0) is 44.9 Å². The van der Waals surface area contributed by atoms with Crippen molar-refractivity contribution in [2.75, 3.05) is 13.2 Å². The Bertz CT molecular complexity index is 1130. The van der Waals surface area contributed by atoms with E-state index >= 15 is 0 Å². The van der Waals surface area contributed by atoms with Crippen LogP contribution in [0.5, 0.6) is 0 Å². The largest absolute Gasteiger partial charge is 0.462 e. The molecule has 0 aliphatic carbocycles. The second kappa shape index (κ2) is 62.7. The van der Waals surface area contributed by atoms with Crippen LogP contribution in [0.25, 0.3) is 0 Å². The van der Waals surface area contributed by atoms with Gasteiger partial charge in [-0.25, -0.2) is 0 Å². The molecule has 0 aromatic rings. The Morgan fingerprint density at radius 1 is 0.260 bits per heavy atom. The summed E-state index contributed by atoms with van der Waals surface area (Å²) in [5.74, 6) is -0.831. The highest BCUT2D eigenvalue weighted by atomic mass is 16.6.